The third kappa shape index (κ3) is 4.15. The van der Waals surface area contributed by atoms with Crippen molar-refractivity contribution < 1.29 is 0 Å². The lowest BCUT2D eigenvalue weighted by molar-refractivity contribution is 0.312. The molecule has 1 aromatic heterocycles. The molecule has 0 saturated carbocycles. The Morgan fingerprint density at radius 1 is 0.857 bits per heavy atom. The molecule has 2 heterocycles. The van der Waals surface area contributed by atoms with Gasteiger partial charge in [-0.1, -0.05) is 42.5 Å². The summed E-state index contributed by atoms with van der Waals surface area (Å²) in [4.78, 5) is 14.4. The lowest BCUT2D eigenvalue weighted by atomic mass is 10.1. The van der Waals surface area contributed by atoms with Gasteiger partial charge in [0.15, 0.2) is 5.82 Å². The van der Waals surface area contributed by atoms with Crippen molar-refractivity contribution in [3.05, 3.63) is 65.7 Å². The highest BCUT2D eigenvalue weighted by Crippen LogP contribution is 2.27. The summed E-state index contributed by atoms with van der Waals surface area (Å²) in [7, 11) is 2.17. The van der Waals surface area contributed by atoms with Gasteiger partial charge in [-0.2, -0.15) is 0 Å². The molecule has 1 aliphatic heterocycles. The van der Waals surface area contributed by atoms with Crippen LogP contribution in [0.15, 0.2) is 54.6 Å². The highest BCUT2D eigenvalue weighted by Gasteiger charge is 2.18. The van der Waals surface area contributed by atoms with Gasteiger partial charge in [-0.05, 0) is 38.1 Å². The second-order valence-electron chi connectivity index (χ2n) is 7.53. The second kappa shape index (κ2) is 7.98. The lowest BCUT2D eigenvalue weighted by Crippen LogP contribution is -2.44. The maximum atomic E-state index is 4.89. The third-order valence-corrected chi connectivity index (χ3v) is 5.23. The standard InChI is InChI=1S/C23H27N5/c1-17-9-10-18(2)20(15-17)24-21-16-22(28-13-11-27(3)12-14-28)26-23(25-21)19-7-5-4-6-8-19/h4-10,15-16H,11-14H2,1-3H3,(H,24,25,26). The predicted octanol–water partition coefficient (Wildman–Crippen LogP) is 4.26. The Morgan fingerprint density at radius 2 is 1.61 bits per heavy atom. The fourth-order valence-corrected chi connectivity index (χ4v) is 3.42. The van der Waals surface area contributed by atoms with E-state index in [9.17, 15) is 0 Å². The van der Waals surface area contributed by atoms with Crippen LogP contribution in [0.1, 0.15) is 11.1 Å². The van der Waals surface area contributed by atoms with E-state index >= 15 is 0 Å². The number of nitrogens with zero attached hydrogens (tertiary/aromatic N) is 4. The summed E-state index contributed by atoms with van der Waals surface area (Å²) >= 11 is 0. The molecule has 0 bridgehead atoms. The molecule has 5 nitrogen and oxygen atoms in total. The van der Waals surface area contributed by atoms with Crippen molar-refractivity contribution >= 4 is 17.3 Å². The van der Waals surface area contributed by atoms with Gasteiger partial charge < -0.3 is 15.1 Å². The van der Waals surface area contributed by atoms with Gasteiger partial charge in [0.2, 0.25) is 0 Å². The van der Waals surface area contributed by atoms with Crippen LogP contribution < -0.4 is 10.2 Å². The summed E-state index contributed by atoms with van der Waals surface area (Å²) in [5.74, 6) is 2.57. The Labute approximate surface area is 167 Å². The molecule has 0 spiro atoms. The Morgan fingerprint density at radius 3 is 2.36 bits per heavy atom. The van der Waals surface area contributed by atoms with E-state index in [0.717, 1.165) is 54.9 Å². The first-order valence-electron chi connectivity index (χ1n) is 9.81. The van der Waals surface area contributed by atoms with Gasteiger partial charge in [0.1, 0.15) is 11.6 Å². The van der Waals surface area contributed by atoms with Crippen molar-refractivity contribution in [3.8, 4) is 11.4 Å². The van der Waals surface area contributed by atoms with Crippen LogP contribution in [0.4, 0.5) is 17.3 Å². The second-order valence-corrected chi connectivity index (χ2v) is 7.53. The number of aromatic nitrogens is 2. The quantitative estimate of drug-likeness (QED) is 0.740. The van der Waals surface area contributed by atoms with Gasteiger partial charge in [-0.15, -0.1) is 0 Å². The molecule has 1 aliphatic rings. The van der Waals surface area contributed by atoms with Crippen molar-refractivity contribution in [2.45, 2.75) is 13.8 Å². The Kier molecular flexibility index (Phi) is 5.26. The SMILES string of the molecule is Cc1ccc(C)c(Nc2cc(N3CCN(C)CC3)nc(-c3ccccc3)n2)c1. The monoisotopic (exact) mass is 373 g/mol. The minimum Gasteiger partial charge on any atom is -0.354 e. The van der Waals surface area contributed by atoms with E-state index in [1.54, 1.807) is 0 Å². The van der Waals surface area contributed by atoms with Crippen molar-refractivity contribution in [3.63, 3.8) is 0 Å². The Balaban J connectivity index is 1.72. The molecule has 0 radical (unpaired) electrons. The number of piperazine rings is 1. The van der Waals surface area contributed by atoms with Crippen LogP contribution in [0.2, 0.25) is 0 Å². The average Bonchev–Trinajstić information content (AvgIpc) is 2.72. The van der Waals surface area contributed by atoms with Crippen LogP contribution in [0, 0.1) is 13.8 Å². The number of nitrogens with one attached hydrogen (secondary N) is 1. The molecule has 0 aliphatic carbocycles. The fraction of sp³-hybridized carbons (Fsp3) is 0.304. The van der Waals surface area contributed by atoms with E-state index in [4.69, 9.17) is 9.97 Å². The van der Waals surface area contributed by atoms with Gasteiger partial charge in [-0.25, -0.2) is 9.97 Å². The smallest absolute Gasteiger partial charge is 0.163 e. The van der Waals surface area contributed by atoms with E-state index in [0.29, 0.717) is 0 Å². The molecule has 1 saturated heterocycles. The summed E-state index contributed by atoms with van der Waals surface area (Å²) in [5.41, 5.74) is 4.54. The number of benzene rings is 2. The Hall–Kier alpha value is -2.92. The minimum atomic E-state index is 0.754. The minimum absolute atomic E-state index is 0.754. The Bertz CT molecular complexity index is 946. The molecule has 5 heteroatoms. The zero-order valence-corrected chi connectivity index (χ0v) is 16.8. The molecule has 2 aromatic carbocycles. The topological polar surface area (TPSA) is 44.3 Å². The molecule has 3 aromatic rings. The van der Waals surface area contributed by atoms with E-state index in [1.165, 1.54) is 11.1 Å². The zero-order valence-electron chi connectivity index (χ0n) is 16.8. The number of hydrogen-bond donors (Lipinski definition) is 1. The molecule has 0 unspecified atom stereocenters. The van der Waals surface area contributed by atoms with E-state index in [2.05, 4.69) is 72.4 Å². The molecule has 28 heavy (non-hydrogen) atoms. The highest BCUT2D eigenvalue weighted by atomic mass is 15.3. The lowest BCUT2D eigenvalue weighted by Gasteiger charge is -2.33. The van der Waals surface area contributed by atoms with Crippen molar-refractivity contribution in [1.29, 1.82) is 0 Å². The molecular formula is C23H27N5. The van der Waals surface area contributed by atoms with Crippen LogP contribution >= 0.6 is 0 Å². The maximum Gasteiger partial charge on any atom is 0.163 e. The van der Waals surface area contributed by atoms with Crippen LogP contribution in [-0.2, 0) is 0 Å². The fourth-order valence-electron chi connectivity index (χ4n) is 3.42. The summed E-state index contributed by atoms with van der Waals surface area (Å²) in [5, 5.41) is 3.52. The summed E-state index contributed by atoms with van der Waals surface area (Å²) in [6.07, 6.45) is 0. The molecule has 1 N–H and O–H groups in total. The first-order chi connectivity index (χ1) is 13.6. The van der Waals surface area contributed by atoms with Gasteiger partial charge in [-0.3, -0.25) is 0 Å². The molecule has 4 rings (SSSR count). The summed E-state index contributed by atoms with van der Waals surface area (Å²) < 4.78 is 0. The molecule has 144 valence electrons. The number of rotatable bonds is 4. The number of hydrogen-bond acceptors (Lipinski definition) is 5. The van der Waals surface area contributed by atoms with Gasteiger partial charge in [0.25, 0.3) is 0 Å². The summed E-state index contributed by atoms with van der Waals surface area (Å²) in [6, 6.07) is 18.7. The largest absolute Gasteiger partial charge is 0.354 e. The van der Waals surface area contributed by atoms with Crippen LogP contribution in [0.5, 0.6) is 0 Å². The van der Waals surface area contributed by atoms with E-state index < -0.39 is 0 Å². The average molecular weight is 374 g/mol. The third-order valence-electron chi connectivity index (χ3n) is 5.23. The number of anilines is 3. The first kappa shape index (κ1) is 18.4. The summed E-state index contributed by atoms with van der Waals surface area (Å²) in [6.45, 7) is 8.27. The molecular weight excluding hydrogens is 346 g/mol. The normalized spacial score (nSPS) is 14.9. The maximum absolute atomic E-state index is 4.89. The van der Waals surface area contributed by atoms with Crippen LogP contribution in [0.25, 0.3) is 11.4 Å². The predicted molar refractivity (Wildman–Crippen MR) is 116 cm³/mol. The van der Waals surface area contributed by atoms with Gasteiger partial charge in [0.05, 0.1) is 0 Å². The van der Waals surface area contributed by atoms with Crippen LogP contribution in [-0.4, -0.2) is 48.1 Å². The first-order valence-corrected chi connectivity index (χ1v) is 9.81. The van der Waals surface area contributed by atoms with Crippen molar-refractivity contribution in [2.24, 2.45) is 0 Å². The van der Waals surface area contributed by atoms with Gasteiger partial charge in [0, 0.05) is 43.5 Å². The van der Waals surface area contributed by atoms with E-state index in [1.807, 2.05) is 18.2 Å². The van der Waals surface area contributed by atoms with Gasteiger partial charge >= 0.3 is 0 Å². The van der Waals surface area contributed by atoms with Crippen molar-refractivity contribution in [1.82, 2.24) is 14.9 Å². The highest BCUT2D eigenvalue weighted by molar-refractivity contribution is 5.67. The number of likely N-dealkylation sites (N-methyl/N-ethyl adjacent to an activating group) is 1. The zero-order chi connectivity index (χ0) is 19.5. The molecule has 0 atom stereocenters. The van der Waals surface area contributed by atoms with E-state index in [-0.39, 0.29) is 0 Å². The molecule has 0 amide bonds. The molecule has 1 fully saturated rings. The number of aryl methyl sites for hydroxylation is 2. The van der Waals surface area contributed by atoms with Crippen molar-refractivity contribution in [2.75, 3.05) is 43.4 Å². The van der Waals surface area contributed by atoms with Crippen LogP contribution in [0.3, 0.4) is 0 Å².